The summed E-state index contributed by atoms with van der Waals surface area (Å²) in [6.45, 7) is 0. The average molecular weight is 258 g/mol. The Morgan fingerprint density at radius 3 is 1.69 bits per heavy atom. The van der Waals surface area contributed by atoms with Gasteiger partial charge in [-0.2, -0.15) is 0 Å². The van der Waals surface area contributed by atoms with Crippen molar-refractivity contribution in [3.63, 3.8) is 0 Å². The lowest BCUT2D eigenvalue weighted by Gasteiger charge is -2.05. The van der Waals surface area contributed by atoms with Crippen molar-refractivity contribution in [3.8, 4) is 0 Å². The molecular weight excluding hydrogens is 255 g/mol. The van der Waals surface area contributed by atoms with Crippen molar-refractivity contribution in [1.82, 2.24) is 0 Å². The number of rotatable bonds is 1. The topological polar surface area (TPSA) is 26.3 Å². The van der Waals surface area contributed by atoms with Gasteiger partial charge in [0.15, 0.2) is 23.3 Å². The van der Waals surface area contributed by atoms with Gasteiger partial charge in [0.2, 0.25) is 5.82 Å². The van der Waals surface area contributed by atoms with E-state index in [-0.39, 0.29) is 11.8 Å². The van der Waals surface area contributed by atoms with Crippen LogP contribution in [0.2, 0.25) is 0 Å². The van der Waals surface area contributed by atoms with E-state index in [1.807, 2.05) is 0 Å². The van der Waals surface area contributed by atoms with E-state index in [4.69, 9.17) is 0 Å². The third-order valence-electron chi connectivity index (χ3n) is 1.52. The highest BCUT2D eigenvalue weighted by Gasteiger charge is 2.27. The van der Waals surface area contributed by atoms with Gasteiger partial charge in [0.05, 0.1) is 12.0 Å². The predicted octanol–water partition coefficient (Wildman–Crippen LogP) is 3.24. The summed E-state index contributed by atoms with van der Waals surface area (Å²) in [6, 6.07) is 0. The van der Waals surface area contributed by atoms with E-state index in [0.29, 0.717) is 0 Å². The van der Waals surface area contributed by atoms with Crippen LogP contribution in [0.4, 0.5) is 26.7 Å². The number of thioether (sulfide) groups is 1. The van der Waals surface area contributed by atoms with E-state index in [9.17, 15) is 26.7 Å². The number of halogens is 5. The van der Waals surface area contributed by atoms with Gasteiger partial charge in [-0.25, -0.2) is 26.7 Å². The molecule has 1 rings (SSSR count). The van der Waals surface area contributed by atoms with Crippen LogP contribution in [0.3, 0.4) is 0 Å². The van der Waals surface area contributed by atoms with Crippen molar-refractivity contribution in [2.24, 2.45) is 0 Å². The van der Waals surface area contributed by atoms with Crippen molar-refractivity contribution >= 4 is 17.1 Å². The summed E-state index contributed by atoms with van der Waals surface area (Å²) in [5, 5.41) is -1.19. The second kappa shape index (κ2) is 4.69. The van der Waals surface area contributed by atoms with Crippen LogP contribution >= 0.6 is 11.8 Å². The Kier molecular flexibility index (Phi) is 3.74. The molecule has 1 aromatic carbocycles. The zero-order valence-electron chi connectivity index (χ0n) is 7.61. The molecule has 1 aromatic rings. The number of carbonyl (C=O) groups excluding carboxylic acids is 1. The third-order valence-corrected chi connectivity index (χ3v) is 2.42. The molecule has 0 radical (unpaired) electrons. The molecule has 8 heteroatoms. The fourth-order valence-electron chi connectivity index (χ4n) is 0.799. The molecule has 0 spiro atoms. The van der Waals surface area contributed by atoms with Crippen LogP contribution in [0.15, 0.2) is 4.90 Å². The number of hydrogen-bond donors (Lipinski definition) is 0. The molecule has 0 N–H and O–H groups in total. The quantitative estimate of drug-likeness (QED) is 0.254. The van der Waals surface area contributed by atoms with Crippen LogP contribution < -0.4 is 0 Å². The van der Waals surface area contributed by atoms with Gasteiger partial charge in [-0.05, 0) is 11.8 Å². The van der Waals surface area contributed by atoms with Gasteiger partial charge in [0.25, 0.3) is 0 Å². The maximum atomic E-state index is 12.9. The van der Waals surface area contributed by atoms with Crippen LogP contribution in [0.5, 0.6) is 0 Å². The lowest BCUT2D eigenvalue weighted by molar-refractivity contribution is 0.200. The van der Waals surface area contributed by atoms with E-state index < -0.39 is 39.3 Å². The molecule has 0 aliphatic heterocycles. The lowest BCUT2D eigenvalue weighted by Crippen LogP contribution is -2.05. The van der Waals surface area contributed by atoms with Crippen molar-refractivity contribution in [2.45, 2.75) is 4.90 Å². The molecule has 0 saturated carbocycles. The van der Waals surface area contributed by atoms with Crippen LogP contribution in [0, 0.1) is 29.1 Å². The molecule has 88 valence electrons. The fourth-order valence-corrected chi connectivity index (χ4v) is 1.41. The van der Waals surface area contributed by atoms with E-state index in [2.05, 4.69) is 4.74 Å². The molecule has 0 amide bonds. The van der Waals surface area contributed by atoms with Gasteiger partial charge in [0, 0.05) is 0 Å². The van der Waals surface area contributed by atoms with Crippen molar-refractivity contribution in [1.29, 1.82) is 0 Å². The van der Waals surface area contributed by atoms with Crippen LogP contribution in [-0.4, -0.2) is 12.4 Å². The monoisotopic (exact) mass is 258 g/mol. The Hall–Kier alpha value is -1.31. The molecule has 0 saturated heterocycles. The largest absolute Gasteiger partial charge is 0.461 e. The first-order chi connectivity index (χ1) is 7.40. The van der Waals surface area contributed by atoms with E-state index >= 15 is 0 Å². The minimum Gasteiger partial charge on any atom is -0.461 e. The van der Waals surface area contributed by atoms with Gasteiger partial charge in [-0.3, -0.25) is 0 Å². The molecular formula is C8H3F5O2S. The van der Waals surface area contributed by atoms with Gasteiger partial charge in [-0.15, -0.1) is 0 Å². The molecule has 0 aromatic heterocycles. The maximum Gasteiger partial charge on any atom is 0.372 e. The molecule has 0 bridgehead atoms. The normalized spacial score (nSPS) is 10.4. The summed E-state index contributed by atoms with van der Waals surface area (Å²) < 4.78 is 67.8. The zero-order chi connectivity index (χ0) is 12.5. The van der Waals surface area contributed by atoms with Gasteiger partial charge in [0.1, 0.15) is 0 Å². The zero-order valence-corrected chi connectivity index (χ0v) is 8.43. The molecule has 0 unspecified atom stereocenters. The second-order valence-corrected chi connectivity index (χ2v) is 3.40. The fraction of sp³-hybridized carbons (Fsp3) is 0.125. The number of ether oxygens (including phenoxy) is 1. The van der Waals surface area contributed by atoms with E-state index in [1.165, 1.54) is 0 Å². The third kappa shape index (κ3) is 2.11. The molecule has 0 heterocycles. The van der Waals surface area contributed by atoms with Crippen molar-refractivity contribution in [3.05, 3.63) is 29.1 Å². The molecule has 0 aliphatic carbocycles. The van der Waals surface area contributed by atoms with Crippen LogP contribution in [-0.2, 0) is 4.74 Å². The van der Waals surface area contributed by atoms with Crippen LogP contribution in [0.25, 0.3) is 0 Å². The molecule has 0 aliphatic rings. The summed E-state index contributed by atoms with van der Waals surface area (Å²) in [5.41, 5.74) is 0. The van der Waals surface area contributed by atoms with Crippen LogP contribution in [0.1, 0.15) is 0 Å². The summed E-state index contributed by atoms with van der Waals surface area (Å²) in [7, 11) is 0.904. The number of methoxy groups -OCH3 is 1. The Balaban J connectivity index is 3.34. The molecule has 16 heavy (non-hydrogen) atoms. The standard InChI is InChI=1S/C8H3F5O2S/c1-15-8(14)16-7-5(12)3(10)2(9)4(11)6(7)13/h1H3. The van der Waals surface area contributed by atoms with Crippen molar-refractivity contribution in [2.75, 3.05) is 7.11 Å². The van der Waals surface area contributed by atoms with Gasteiger partial charge in [-0.1, -0.05) is 0 Å². The highest BCUT2D eigenvalue weighted by molar-refractivity contribution is 8.13. The number of hydrogen-bond acceptors (Lipinski definition) is 3. The van der Waals surface area contributed by atoms with E-state index in [0.717, 1.165) is 7.11 Å². The maximum absolute atomic E-state index is 12.9. The highest BCUT2D eigenvalue weighted by Crippen LogP contribution is 2.31. The first-order valence-electron chi connectivity index (χ1n) is 3.67. The lowest BCUT2D eigenvalue weighted by atomic mass is 10.3. The summed E-state index contributed by atoms with van der Waals surface area (Å²) in [5.74, 6) is -10.6. The Morgan fingerprint density at radius 2 is 1.31 bits per heavy atom. The Labute approximate surface area is 90.4 Å². The highest BCUT2D eigenvalue weighted by atomic mass is 32.2. The Morgan fingerprint density at radius 1 is 0.938 bits per heavy atom. The number of benzene rings is 1. The summed E-state index contributed by atoms with van der Waals surface area (Å²) in [6.07, 6.45) is 0. The molecule has 0 atom stereocenters. The Bertz CT molecular complexity index is 420. The smallest absolute Gasteiger partial charge is 0.372 e. The van der Waals surface area contributed by atoms with E-state index in [1.54, 1.807) is 0 Å². The summed E-state index contributed by atoms with van der Waals surface area (Å²) in [4.78, 5) is 9.37. The number of carbonyl (C=O) groups is 1. The van der Waals surface area contributed by atoms with Gasteiger partial charge < -0.3 is 4.74 Å². The minimum atomic E-state index is -2.27. The van der Waals surface area contributed by atoms with Crippen molar-refractivity contribution < 1.29 is 31.5 Å². The molecule has 2 nitrogen and oxygen atoms in total. The average Bonchev–Trinajstić information content (AvgIpc) is 2.29. The minimum absolute atomic E-state index is 0.224. The van der Waals surface area contributed by atoms with Gasteiger partial charge >= 0.3 is 5.30 Å². The first-order valence-corrected chi connectivity index (χ1v) is 4.49. The first kappa shape index (κ1) is 12.8. The second-order valence-electron chi connectivity index (χ2n) is 2.46. The molecule has 0 fully saturated rings. The SMILES string of the molecule is COC(=O)Sc1c(F)c(F)c(F)c(F)c1F. The predicted molar refractivity (Wildman–Crippen MR) is 44.5 cm³/mol. The summed E-state index contributed by atoms with van der Waals surface area (Å²) >= 11 is -0.224.